The lowest BCUT2D eigenvalue weighted by atomic mass is 10.2. The molecule has 90 valence electrons. The van der Waals surface area contributed by atoms with Crippen molar-refractivity contribution in [2.75, 3.05) is 0 Å². The fourth-order valence-electron chi connectivity index (χ4n) is 1.29. The predicted octanol–water partition coefficient (Wildman–Crippen LogP) is 1.26. The van der Waals surface area contributed by atoms with Crippen molar-refractivity contribution in [3.8, 4) is 11.4 Å². The van der Waals surface area contributed by atoms with Gasteiger partial charge in [0.1, 0.15) is 11.9 Å². The standard InChI is InChI=1S/C11H12FN3O2/c1-6(16)9(13)11-14-10(15-17-11)7-2-4-8(12)5-3-7/h2-6,9,16H,13H2,1H3. The zero-order valence-corrected chi connectivity index (χ0v) is 9.17. The molecule has 0 radical (unpaired) electrons. The Morgan fingerprint density at radius 1 is 1.35 bits per heavy atom. The number of nitrogens with two attached hydrogens (primary N) is 1. The highest BCUT2D eigenvalue weighted by atomic mass is 19.1. The Bertz CT molecular complexity index is 496. The van der Waals surface area contributed by atoms with E-state index in [1.54, 1.807) is 0 Å². The third-order valence-corrected chi connectivity index (χ3v) is 2.35. The second kappa shape index (κ2) is 4.60. The molecular formula is C11H12FN3O2. The first-order chi connectivity index (χ1) is 8.08. The first-order valence-corrected chi connectivity index (χ1v) is 5.11. The van der Waals surface area contributed by atoms with Crippen LogP contribution in [0.2, 0.25) is 0 Å². The van der Waals surface area contributed by atoms with E-state index in [0.717, 1.165) is 0 Å². The summed E-state index contributed by atoms with van der Waals surface area (Å²) in [4.78, 5) is 4.05. The maximum absolute atomic E-state index is 12.7. The Morgan fingerprint density at radius 2 is 2.00 bits per heavy atom. The molecule has 0 amide bonds. The van der Waals surface area contributed by atoms with Gasteiger partial charge in [-0.1, -0.05) is 5.16 Å². The number of nitrogens with zero attached hydrogens (tertiary/aromatic N) is 2. The number of rotatable bonds is 3. The largest absolute Gasteiger partial charge is 0.391 e. The summed E-state index contributed by atoms with van der Waals surface area (Å²) >= 11 is 0. The molecule has 0 aliphatic rings. The van der Waals surface area contributed by atoms with E-state index >= 15 is 0 Å². The maximum atomic E-state index is 12.7. The fraction of sp³-hybridized carbons (Fsp3) is 0.273. The lowest BCUT2D eigenvalue weighted by molar-refractivity contribution is 0.146. The van der Waals surface area contributed by atoms with E-state index in [-0.39, 0.29) is 11.7 Å². The van der Waals surface area contributed by atoms with Gasteiger partial charge in [-0.3, -0.25) is 0 Å². The molecule has 2 atom stereocenters. The quantitative estimate of drug-likeness (QED) is 0.839. The smallest absolute Gasteiger partial charge is 0.246 e. The Hall–Kier alpha value is -1.79. The van der Waals surface area contributed by atoms with Gasteiger partial charge in [0.2, 0.25) is 11.7 Å². The predicted molar refractivity (Wildman–Crippen MR) is 58.3 cm³/mol. The molecule has 17 heavy (non-hydrogen) atoms. The van der Waals surface area contributed by atoms with Crippen LogP contribution < -0.4 is 5.73 Å². The number of aromatic nitrogens is 2. The number of halogens is 1. The van der Waals surface area contributed by atoms with E-state index < -0.39 is 12.1 Å². The second-order valence-corrected chi connectivity index (χ2v) is 3.73. The Labute approximate surface area is 97.1 Å². The SMILES string of the molecule is CC(O)C(N)c1nc(-c2ccc(F)cc2)no1. The van der Waals surface area contributed by atoms with Crippen molar-refractivity contribution in [3.05, 3.63) is 36.0 Å². The fourth-order valence-corrected chi connectivity index (χ4v) is 1.29. The maximum Gasteiger partial charge on any atom is 0.246 e. The number of benzene rings is 1. The molecule has 0 saturated carbocycles. The van der Waals surface area contributed by atoms with Gasteiger partial charge in [-0.05, 0) is 31.2 Å². The van der Waals surface area contributed by atoms with Gasteiger partial charge in [-0.25, -0.2) is 4.39 Å². The van der Waals surface area contributed by atoms with Crippen LogP contribution in [0.3, 0.4) is 0 Å². The number of hydrogen-bond donors (Lipinski definition) is 2. The molecule has 1 heterocycles. The van der Waals surface area contributed by atoms with Crippen LogP contribution in [0, 0.1) is 5.82 Å². The topological polar surface area (TPSA) is 85.2 Å². The van der Waals surface area contributed by atoms with Crippen LogP contribution in [0.25, 0.3) is 11.4 Å². The highest BCUT2D eigenvalue weighted by Crippen LogP contribution is 2.19. The van der Waals surface area contributed by atoms with Crippen molar-refractivity contribution in [2.45, 2.75) is 19.1 Å². The summed E-state index contributed by atoms with van der Waals surface area (Å²) in [5.41, 5.74) is 6.27. The van der Waals surface area contributed by atoms with Crippen LogP contribution in [0.15, 0.2) is 28.8 Å². The summed E-state index contributed by atoms with van der Waals surface area (Å²) in [6.45, 7) is 1.53. The lowest BCUT2D eigenvalue weighted by Gasteiger charge is -2.08. The molecule has 0 spiro atoms. The molecule has 0 saturated heterocycles. The van der Waals surface area contributed by atoms with Crippen molar-refractivity contribution >= 4 is 0 Å². The first-order valence-electron chi connectivity index (χ1n) is 5.11. The van der Waals surface area contributed by atoms with Gasteiger partial charge >= 0.3 is 0 Å². The highest BCUT2D eigenvalue weighted by Gasteiger charge is 2.19. The highest BCUT2D eigenvalue weighted by molar-refractivity contribution is 5.53. The second-order valence-electron chi connectivity index (χ2n) is 3.73. The van der Waals surface area contributed by atoms with Crippen molar-refractivity contribution in [2.24, 2.45) is 5.73 Å². The van der Waals surface area contributed by atoms with Crippen molar-refractivity contribution in [1.82, 2.24) is 10.1 Å². The minimum absolute atomic E-state index is 0.152. The van der Waals surface area contributed by atoms with Gasteiger partial charge in [0.25, 0.3) is 0 Å². The van der Waals surface area contributed by atoms with E-state index in [4.69, 9.17) is 10.3 Å². The van der Waals surface area contributed by atoms with Gasteiger partial charge in [0.15, 0.2) is 0 Å². The van der Waals surface area contributed by atoms with E-state index in [2.05, 4.69) is 10.1 Å². The third-order valence-electron chi connectivity index (χ3n) is 2.35. The van der Waals surface area contributed by atoms with Crippen LogP contribution in [0.1, 0.15) is 18.9 Å². The minimum atomic E-state index is -0.781. The van der Waals surface area contributed by atoms with Crippen molar-refractivity contribution in [3.63, 3.8) is 0 Å². The summed E-state index contributed by atoms with van der Waals surface area (Å²) in [5.74, 6) is 0.133. The molecule has 0 fully saturated rings. The minimum Gasteiger partial charge on any atom is -0.391 e. The molecule has 5 nitrogen and oxygen atoms in total. The summed E-state index contributed by atoms with van der Waals surface area (Å²) in [6.07, 6.45) is -0.781. The zero-order valence-electron chi connectivity index (χ0n) is 9.17. The monoisotopic (exact) mass is 237 g/mol. The molecule has 2 rings (SSSR count). The van der Waals surface area contributed by atoms with Gasteiger partial charge < -0.3 is 15.4 Å². The molecule has 0 aliphatic carbocycles. The summed E-state index contributed by atoms with van der Waals surface area (Å²) < 4.78 is 17.7. The van der Waals surface area contributed by atoms with E-state index in [0.29, 0.717) is 11.4 Å². The number of hydrogen-bond acceptors (Lipinski definition) is 5. The Balaban J connectivity index is 2.26. The lowest BCUT2D eigenvalue weighted by Crippen LogP contribution is -2.23. The summed E-state index contributed by atoms with van der Waals surface area (Å²) in [7, 11) is 0. The van der Waals surface area contributed by atoms with Crippen LogP contribution in [0.4, 0.5) is 4.39 Å². The summed E-state index contributed by atoms with van der Waals surface area (Å²) in [5, 5.41) is 13.0. The van der Waals surface area contributed by atoms with Crippen molar-refractivity contribution < 1.29 is 14.0 Å². The Morgan fingerprint density at radius 3 is 2.59 bits per heavy atom. The third kappa shape index (κ3) is 2.48. The van der Waals surface area contributed by atoms with Crippen molar-refractivity contribution in [1.29, 1.82) is 0 Å². The normalized spacial score (nSPS) is 14.6. The van der Waals surface area contributed by atoms with Crippen LogP contribution in [-0.2, 0) is 0 Å². The van der Waals surface area contributed by atoms with E-state index in [9.17, 15) is 9.50 Å². The van der Waals surface area contributed by atoms with E-state index in [1.807, 2.05) is 0 Å². The van der Waals surface area contributed by atoms with Gasteiger partial charge in [-0.15, -0.1) is 0 Å². The van der Waals surface area contributed by atoms with Crippen LogP contribution in [0.5, 0.6) is 0 Å². The average molecular weight is 237 g/mol. The molecule has 2 aromatic rings. The molecule has 1 aromatic heterocycles. The van der Waals surface area contributed by atoms with E-state index in [1.165, 1.54) is 31.2 Å². The van der Waals surface area contributed by atoms with Gasteiger partial charge in [-0.2, -0.15) is 4.98 Å². The molecular weight excluding hydrogens is 225 g/mol. The van der Waals surface area contributed by atoms with Gasteiger partial charge in [0, 0.05) is 5.56 Å². The Kier molecular flexibility index (Phi) is 3.16. The van der Waals surface area contributed by atoms with Gasteiger partial charge in [0.05, 0.1) is 6.10 Å². The number of aliphatic hydroxyl groups is 1. The molecule has 0 aliphatic heterocycles. The molecule has 1 aromatic carbocycles. The number of aliphatic hydroxyl groups excluding tert-OH is 1. The van der Waals surface area contributed by atoms with Crippen LogP contribution in [-0.4, -0.2) is 21.4 Å². The molecule has 2 unspecified atom stereocenters. The first kappa shape index (κ1) is 11.7. The summed E-state index contributed by atoms with van der Waals surface area (Å²) in [6, 6.07) is 4.96. The zero-order chi connectivity index (χ0) is 12.4. The molecule has 3 N–H and O–H groups in total. The average Bonchev–Trinajstić information content (AvgIpc) is 2.78. The molecule has 6 heteroatoms. The molecule has 0 bridgehead atoms. The van der Waals surface area contributed by atoms with Crippen LogP contribution >= 0.6 is 0 Å².